The van der Waals surface area contributed by atoms with Crippen LogP contribution in [0.1, 0.15) is 44.7 Å². The monoisotopic (exact) mass is 649 g/mol. The van der Waals surface area contributed by atoms with E-state index >= 15 is 0 Å². The maximum Gasteiger partial charge on any atom is 0.264 e. The highest BCUT2D eigenvalue weighted by Crippen LogP contribution is 2.28. The Kier molecular flexibility index (Phi) is 12.2. The average molecular weight is 651 g/mol. The van der Waals surface area contributed by atoms with Gasteiger partial charge in [-0.2, -0.15) is 0 Å². The van der Waals surface area contributed by atoms with Crippen LogP contribution in [-0.2, 0) is 26.2 Å². The quantitative estimate of drug-likeness (QED) is 0.203. The van der Waals surface area contributed by atoms with Crippen molar-refractivity contribution < 1.29 is 18.0 Å². The molecule has 3 aromatic rings. The number of hydrogen-bond acceptors (Lipinski definition) is 5. The molecule has 226 valence electrons. The SMILES string of the molecule is CCC(C)NC(=O)C(CC)N(Cc1ccc(Cl)c(Cl)c1)C(=O)CN(c1ccc(C)cc1)S(=O)(=O)c1ccc(SC)cc1. The number of thioether (sulfide) groups is 1. The van der Waals surface area contributed by atoms with Crippen molar-refractivity contribution in [1.29, 1.82) is 0 Å². The van der Waals surface area contributed by atoms with Gasteiger partial charge in [0.2, 0.25) is 11.8 Å². The molecule has 0 spiro atoms. The third-order valence-corrected chi connectivity index (χ3v) is 10.2. The number of sulfonamides is 1. The fraction of sp³-hybridized carbons (Fsp3) is 0.355. The van der Waals surface area contributed by atoms with Crippen LogP contribution >= 0.6 is 35.0 Å². The Balaban J connectivity index is 2.07. The Morgan fingerprint density at radius 2 is 1.57 bits per heavy atom. The standard InChI is InChI=1S/C31H37Cl2N3O4S2/c1-6-22(4)34-31(38)29(7-2)35(19-23-10-17-27(32)28(33)18-23)30(37)20-36(24-11-8-21(3)9-12-24)42(39,40)26-15-13-25(41-5)14-16-26/h8-18,22,29H,6-7,19-20H2,1-5H3,(H,34,38). The molecule has 11 heteroatoms. The molecule has 0 aliphatic rings. The Hall–Kier alpha value is -2.72. The lowest BCUT2D eigenvalue weighted by Gasteiger charge is -2.33. The Morgan fingerprint density at radius 1 is 0.929 bits per heavy atom. The van der Waals surface area contributed by atoms with E-state index in [1.54, 1.807) is 54.6 Å². The summed E-state index contributed by atoms with van der Waals surface area (Å²) in [5.41, 5.74) is 1.94. The van der Waals surface area contributed by atoms with Crippen molar-refractivity contribution in [2.24, 2.45) is 0 Å². The molecule has 0 aromatic heterocycles. The Morgan fingerprint density at radius 3 is 2.12 bits per heavy atom. The van der Waals surface area contributed by atoms with E-state index in [1.807, 2.05) is 34.0 Å². The molecule has 0 saturated carbocycles. The second kappa shape index (κ2) is 15.1. The number of aryl methyl sites for hydroxylation is 1. The molecule has 2 unspecified atom stereocenters. The Bertz CT molecular complexity index is 1480. The number of benzene rings is 3. The van der Waals surface area contributed by atoms with Gasteiger partial charge in [0.15, 0.2) is 0 Å². The number of anilines is 1. The summed E-state index contributed by atoms with van der Waals surface area (Å²) in [5, 5.41) is 3.65. The number of carbonyl (C=O) groups excluding carboxylic acids is 2. The van der Waals surface area contributed by atoms with Gasteiger partial charge in [0.1, 0.15) is 12.6 Å². The number of halogens is 2. The lowest BCUT2D eigenvalue weighted by atomic mass is 10.1. The van der Waals surface area contributed by atoms with Gasteiger partial charge < -0.3 is 10.2 Å². The molecule has 0 aliphatic heterocycles. The number of carbonyl (C=O) groups is 2. The van der Waals surface area contributed by atoms with Crippen LogP contribution in [0.25, 0.3) is 0 Å². The lowest BCUT2D eigenvalue weighted by Crippen LogP contribution is -2.53. The van der Waals surface area contributed by atoms with Crippen LogP contribution in [0.4, 0.5) is 5.69 Å². The summed E-state index contributed by atoms with van der Waals surface area (Å²) in [5.74, 6) is -0.838. The summed E-state index contributed by atoms with van der Waals surface area (Å²) in [6.45, 7) is 7.09. The zero-order valence-electron chi connectivity index (χ0n) is 24.4. The van der Waals surface area contributed by atoms with Crippen molar-refractivity contribution in [3.8, 4) is 0 Å². The largest absolute Gasteiger partial charge is 0.352 e. The van der Waals surface area contributed by atoms with E-state index in [1.165, 1.54) is 28.8 Å². The third kappa shape index (κ3) is 8.43. The summed E-state index contributed by atoms with van der Waals surface area (Å²) in [7, 11) is -4.14. The van der Waals surface area contributed by atoms with Crippen LogP contribution in [0.2, 0.25) is 10.0 Å². The molecule has 0 fully saturated rings. The van der Waals surface area contributed by atoms with Crippen molar-refractivity contribution in [2.75, 3.05) is 17.1 Å². The number of rotatable bonds is 13. The highest BCUT2D eigenvalue weighted by atomic mass is 35.5. The van der Waals surface area contributed by atoms with E-state index in [4.69, 9.17) is 23.2 Å². The van der Waals surface area contributed by atoms with E-state index in [0.29, 0.717) is 27.7 Å². The van der Waals surface area contributed by atoms with E-state index < -0.39 is 28.5 Å². The number of nitrogens with zero attached hydrogens (tertiary/aromatic N) is 2. The molecular formula is C31H37Cl2N3O4S2. The van der Waals surface area contributed by atoms with Gasteiger partial charge in [-0.25, -0.2) is 8.42 Å². The molecule has 0 radical (unpaired) electrons. The predicted octanol–water partition coefficient (Wildman–Crippen LogP) is 6.94. The van der Waals surface area contributed by atoms with Gasteiger partial charge >= 0.3 is 0 Å². The summed E-state index contributed by atoms with van der Waals surface area (Å²) in [6, 6.07) is 17.5. The van der Waals surface area contributed by atoms with Crippen molar-refractivity contribution in [3.05, 3.63) is 87.9 Å². The maximum absolute atomic E-state index is 14.2. The van der Waals surface area contributed by atoms with Gasteiger partial charge in [-0.1, -0.05) is 60.8 Å². The minimum atomic E-state index is -4.14. The lowest BCUT2D eigenvalue weighted by molar-refractivity contribution is -0.140. The molecule has 0 aliphatic carbocycles. The van der Waals surface area contributed by atoms with Gasteiger partial charge in [0.25, 0.3) is 10.0 Å². The minimum Gasteiger partial charge on any atom is -0.352 e. The summed E-state index contributed by atoms with van der Waals surface area (Å²) < 4.78 is 29.1. The molecule has 7 nitrogen and oxygen atoms in total. The number of nitrogens with one attached hydrogen (secondary N) is 1. The van der Waals surface area contributed by atoms with Gasteiger partial charge in [-0.05, 0) is 87.0 Å². The van der Waals surface area contributed by atoms with Gasteiger partial charge in [0.05, 0.1) is 20.6 Å². The highest BCUT2D eigenvalue weighted by Gasteiger charge is 2.34. The first-order valence-corrected chi connectivity index (χ1v) is 17.1. The Labute approximate surface area is 263 Å². The zero-order valence-corrected chi connectivity index (χ0v) is 27.6. The first kappa shape index (κ1) is 33.8. The van der Waals surface area contributed by atoms with Gasteiger partial charge in [-0.3, -0.25) is 13.9 Å². The number of amides is 2. The molecule has 2 atom stereocenters. The van der Waals surface area contributed by atoms with E-state index in [2.05, 4.69) is 5.32 Å². The summed E-state index contributed by atoms with van der Waals surface area (Å²) in [6.07, 6.45) is 2.95. The molecule has 0 saturated heterocycles. The van der Waals surface area contributed by atoms with Crippen LogP contribution in [0.15, 0.2) is 76.5 Å². The van der Waals surface area contributed by atoms with Crippen molar-refractivity contribution in [3.63, 3.8) is 0 Å². The molecule has 2 amide bonds. The summed E-state index contributed by atoms with van der Waals surface area (Å²) >= 11 is 13.9. The first-order valence-electron chi connectivity index (χ1n) is 13.7. The van der Waals surface area contributed by atoms with Crippen LogP contribution in [0.5, 0.6) is 0 Å². The minimum absolute atomic E-state index is 0.0341. The van der Waals surface area contributed by atoms with Crippen molar-refractivity contribution >= 4 is 62.5 Å². The molecule has 1 N–H and O–H groups in total. The average Bonchev–Trinajstić information content (AvgIpc) is 2.97. The predicted molar refractivity (Wildman–Crippen MR) is 173 cm³/mol. The van der Waals surface area contributed by atoms with Crippen molar-refractivity contribution in [1.82, 2.24) is 10.2 Å². The second-order valence-electron chi connectivity index (χ2n) is 10.0. The fourth-order valence-electron chi connectivity index (χ4n) is 4.31. The van der Waals surface area contributed by atoms with Gasteiger partial charge in [0, 0.05) is 17.5 Å². The molecular weight excluding hydrogens is 613 g/mol. The molecule has 3 rings (SSSR count). The van der Waals surface area contributed by atoms with Crippen molar-refractivity contribution in [2.45, 2.75) is 69.0 Å². The molecule has 0 bridgehead atoms. The normalized spacial score (nSPS) is 12.8. The van der Waals surface area contributed by atoms with E-state index in [0.717, 1.165) is 21.2 Å². The second-order valence-corrected chi connectivity index (χ2v) is 13.6. The highest BCUT2D eigenvalue weighted by molar-refractivity contribution is 7.98. The van der Waals surface area contributed by atoms with Crippen LogP contribution < -0.4 is 9.62 Å². The van der Waals surface area contributed by atoms with Crippen LogP contribution in [-0.4, -0.2) is 50.0 Å². The topological polar surface area (TPSA) is 86.8 Å². The molecule has 42 heavy (non-hydrogen) atoms. The first-order chi connectivity index (χ1) is 19.9. The zero-order chi connectivity index (χ0) is 31.0. The smallest absolute Gasteiger partial charge is 0.264 e. The summed E-state index contributed by atoms with van der Waals surface area (Å²) in [4.78, 5) is 30.0. The third-order valence-electron chi connectivity index (χ3n) is 6.97. The van der Waals surface area contributed by atoms with E-state index in [-0.39, 0.29) is 23.4 Å². The number of hydrogen-bond donors (Lipinski definition) is 1. The molecule has 0 heterocycles. The van der Waals surface area contributed by atoms with Crippen LogP contribution in [0.3, 0.4) is 0 Å². The maximum atomic E-state index is 14.2. The molecule has 3 aromatic carbocycles. The van der Waals surface area contributed by atoms with E-state index in [9.17, 15) is 18.0 Å². The van der Waals surface area contributed by atoms with Crippen LogP contribution in [0, 0.1) is 6.92 Å². The fourth-order valence-corrected chi connectivity index (χ4v) is 6.45. The van der Waals surface area contributed by atoms with Gasteiger partial charge in [-0.15, -0.1) is 11.8 Å².